The number of hydrogen-bond donors (Lipinski definition) is 1. The minimum Gasteiger partial charge on any atom is -0.439 e. The van der Waals surface area contributed by atoms with Crippen molar-refractivity contribution in [1.29, 1.82) is 0 Å². The van der Waals surface area contributed by atoms with Crippen LogP contribution >= 0.6 is 0 Å². The van der Waals surface area contributed by atoms with E-state index in [9.17, 15) is 13.9 Å². The average molecular weight is 468 g/mol. The summed E-state index contributed by atoms with van der Waals surface area (Å²) in [7, 11) is 0. The van der Waals surface area contributed by atoms with Crippen molar-refractivity contribution >= 4 is 0 Å². The monoisotopic (exact) mass is 467 g/mol. The molecule has 0 bridgehead atoms. The van der Waals surface area contributed by atoms with Crippen LogP contribution in [0.25, 0.3) is 5.69 Å². The van der Waals surface area contributed by atoms with Gasteiger partial charge in [0.15, 0.2) is 0 Å². The van der Waals surface area contributed by atoms with E-state index in [1.54, 1.807) is 28.9 Å². The van der Waals surface area contributed by atoms with Gasteiger partial charge in [0.05, 0.1) is 29.7 Å². The van der Waals surface area contributed by atoms with Crippen molar-refractivity contribution in [3.63, 3.8) is 0 Å². The van der Waals surface area contributed by atoms with Gasteiger partial charge in [-0.2, -0.15) is 5.10 Å². The summed E-state index contributed by atoms with van der Waals surface area (Å²) in [5, 5.41) is 15.1. The van der Waals surface area contributed by atoms with Crippen LogP contribution in [-0.2, 0) is 11.3 Å². The van der Waals surface area contributed by atoms with Gasteiger partial charge in [-0.15, -0.1) is 6.42 Å². The van der Waals surface area contributed by atoms with E-state index in [1.807, 2.05) is 6.92 Å². The Bertz CT molecular complexity index is 1140. The summed E-state index contributed by atoms with van der Waals surface area (Å²) in [6, 6.07) is 12.0. The summed E-state index contributed by atoms with van der Waals surface area (Å²) < 4.78 is 40.1. The zero-order chi connectivity index (χ0) is 24.1. The molecule has 1 aromatic heterocycles. The van der Waals surface area contributed by atoms with Crippen molar-refractivity contribution in [3.8, 4) is 29.7 Å². The second kappa shape index (κ2) is 10.8. The smallest absolute Gasteiger partial charge is 0.227 e. The fourth-order valence-corrected chi connectivity index (χ4v) is 3.76. The third-order valence-corrected chi connectivity index (χ3v) is 5.60. The molecule has 0 aliphatic heterocycles. The van der Waals surface area contributed by atoms with Crippen molar-refractivity contribution < 1.29 is 23.4 Å². The van der Waals surface area contributed by atoms with Crippen LogP contribution in [0.2, 0.25) is 0 Å². The van der Waals surface area contributed by atoms with Gasteiger partial charge in [-0.3, -0.25) is 4.90 Å². The molecule has 2 aromatic carbocycles. The standard InChI is InChI=1S/C26H27F2N3O3/c1-3-14-33-17-23(32)15-30(21-10-11-21)16-25-18(2)29-31(22-8-4-19(27)5-9-22)26(25)34-24-12-6-20(28)7-13-24/h1,4-9,12-13,21,23,32H,10-11,14-17H2,2H3/t23-/m1/s1. The molecule has 8 heteroatoms. The molecular formula is C26H27F2N3O3. The number of nitrogens with zero attached hydrogens (tertiary/aromatic N) is 3. The lowest BCUT2D eigenvalue weighted by Gasteiger charge is -2.25. The molecule has 34 heavy (non-hydrogen) atoms. The van der Waals surface area contributed by atoms with Gasteiger partial charge in [-0.1, -0.05) is 5.92 Å². The topological polar surface area (TPSA) is 59.8 Å². The number of aromatic nitrogens is 2. The number of aliphatic hydroxyl groups is 1. The zero-order valence-corrected chi connectivity index (χ0v) is 19.0. The first-order valence-electron chi connectivity index (χ1n) is 11.2. The van der Waals surface area contributed by atoms with Gasteiger partial charge in [0, 0.05) is 19.1 Å². The Labute approximate surface area is 197 Å². The van der Waals surface area contributed by atoms with Crippen LogP contribution in [0.5, 0.6) is 11.6 Å². The molecule has 1 N–H and O–H groups in total. The number of aliphatic hydroxyl groups excluding tert-OH is 1. The average Bonchev–Trinajstić information content (AvgIpc) is 3.62. The second-order valence-corrected chi connectivity index (χ2v) is 8.35. The number of hydrogen-bond acceptors (Lipinski definition) is 5. The lowest BCUT2D eigenvalue weighted by Crippen LogP contribution is -2.36. The Balaban J connectivity index is 1.64. The quantitative estimate of drug-likeness (QED) is 0.338. The maximum absolute atomic E-state index is 13.5. The number of terminal acetylenes is 1. The first kappa shape index (κ1) is 23.9. The summed E-state index contributed by atoms with van der Waals surface area (Å²) in [5.41, 5.74) is 2.20. The lowest BCUT2D eigenvalue weighted by atomic mass is 10.2. The summed E-state index contributed by atoms with van der Waals surface area (Å²) in [6.45, 7) is 3.08. The molecule has 1 aliphatic carbocycles. The molecule has 1 fully saturated rings. The third-order valence-electron chi connectivity index (χ3n) is 5.60. The second-order valence-electron chi connectivity index (χ2n) is 8.35. The van der Waals surface area contributed by atoms with E-state index in [2.05, 4.69) is 15.9 Å². The molecule has 6 nitrogen and oxygen atoms in total. The van der Waals surface area contributed by atoms with Crippen LogP contribution in [0.3, 0.4) is 0 Å². The van der Waals surface area contributed by atoms with E-state index in [-0.39, 0.29) is 24.8 Å². The van der Waals surface area contributed by atoms with Crippen LogP contribution in [0, 0.1) is 30.9 Å². The molecule has 0 amide bonds. The van der Waals surface area contributed by atoms with Gasteiger partial charge in [-0.05, 0) is 68.3 Å². The van der Waals surface area contributed by atoms with Crippen molar-refractivity contribution in [2.24, 2.45) is 0 Å². The molecule has 1 atom stereocenters. The molecule has 4 rings (SSSR count). The van der Waals surface area contributed by atoms with Gasteiger partial charge in [0.1, 0.15) is 24.0 Å². The summed E-state index contributed by atoms with van der Waals surface area (Å²) in [6.07, 6.45) is 6.59. The van der Waals surface area contributed by atoms with Crippen molar-refractivity contribution in [3.05, 3.63) is 71.4 Å². The Morgan fingerprint density at radius 3 is 2.41 bits per heavy atom. The molecule has 0 saturated heterocycles. The van der Waals surface area contributed by atoms with E-state index < -0.39 is 6.10 Å². The SMILES string of the molecule is C#CCOC[C@H](O)CN(Cc1c(C)nn(-c2ccc(F)cc2)c1Oc1ccc(F)cc1)C1CC1. The van der Waals surface area contributed by atoms with E-state index in [4.69, 9.17) is 15.9 Å². The van der Waals surface area contributed by atoms with Gasteiger partial charge in [0.2, 0.25) is 5.88 Å². The number of aryl methyl sites for hydroxylation is 1. The molecule has 1 heterocycles. The van der Waals surface area contributed by atoms with Gasteiger partial charge in [0.25, 0.3) is 0 Å². The molecule has 3 aromatic rings. The van der Waals surface area contributed by atoms with Gasteiger partial charge in [-0.25, -0.2) is 13.5 Å². The number of rotatable bonds is 11. The van der Waals surface area contributed by atoms with E-state index >= 15 is 0 Å². The third kappa shape index (κ3) is 6.00. The molecule has 1 aliphatic rings. The maximum atomic E-state index is 13.5. The predicted octanol–water partition coefficient (Wildman–Crippen LogP) is 4.23. The summed E-state index contributed by atoms with van der Waals surface area (Å²) in [5.74, 6) is 2.59. The van der Waals surface area contributed by atoms with Crippen LogP contribution in [0.1, 0.15) is 24.1 Å². The summed E-state index contributed by atoms with van der Waals surface area (Å²) >= 11 is 0. The normalized spacial score (nSPS) is 14.2. The summed E-state index contributed by atoms with van der Waals surface area (Å²) in [4.78, 5) is 2.18. The minimum absolute atomic E-state index is 0.152. The van der Waals surface area contributed by atoms with Crippen LogP contribution in [-0.4, -0.2) is 51.7 Å². The molecule has 1 saturated carbocycles. The Kier molecular flexibility index (Phi) is 7.58. The van der Waals surface area contributed by atoms with E-state index in [0.717, 1.165) is 24.1 Å². The Hall–Kier alpha value is -3.25. The maximum Gasteiger partial charge on any atom is 0.227 e. The van der Waals surface area contributed by atoms with Crippen molar-refractivity contribution in [2.45, 2.75) is 38.5 Å². The lowest BCUT2D eigenvalue weighted by molar-refractivity contribution is 0.0241. The first-order chi connectivity index (χ1) is 16.4. The van der Waals surface area contributed by atoms with Crippen LogP contribution in [0.15, 0.2) is 48.5 Å². The van der Waals surface area contributed by atoms with E-state index in [1.165, 1.54) is 24.3 Å². The first-order valence-corrected chi connectivity index (χ1v) is 11.2. The number of ether oxygens (including phenoxy) is 2. The fraction of sp³-hybridized carbons (Fsp3) is 0.346. The Morgan fingerprint density at radius 1 is 1.15 bits per heavy atom. The Morgan fingerprint density at radius 2 is 1.79 bits per heavy atom. The van der Waals surface area contributed by atoms with Gasteiger partial charge < -0.3 is 14.6 Å². The van der Waals surface area contributed by atoms with Gasteiger partial charge >= 0.3 is 0 Å². The fourth-order valence-electron chi connectivity index (χ4n) is 3.76. The van der Waals surface area contributed by atoms with Crippen LogP contribution < -0.4 is 4.74 Å². The van der Waals surface area contributed by atoms with Crippen molar-refractivity contribution in [1.82, 2.24) is 14.7 Å². The van der Waals surface area contributed by atoms with E-state index in [0.29, 0.717) is 36.4 Å². The highest BCUT2D eigenvalue weighted by atomic mass is 19.1. The number of halogens is 2. The predicted molar refractivity (Wildman–Crippen MR) is 124 cm³/mol. The molecule has 178 valence electrons. The van der Waals surface area contributed by atoms with Crippen LogP contribution in [0.4, 0.5) is 8.78 Å². The molecule has 0 spiro atoms. The molecular weight excluding hydrogens is 440 g/mol. The molecule has 0 radical (unpaired) electrons. The molecule has 0 unspecified atom stereocenters. The largest absolute Gasteiger partial charge is 0.439 e. The zero-order valence-electron chi connectivity index (χ0n) is 19.0. The highest BCUT2D eigenvalue weighted by molar-refractivity contribution is 5.43. The number of benzene rings is 2. The highest BCUT2D eigenvalue weighted by Crippen LogP contribution is 2.35. The van der Waals surface area contributed by atoms with Crippen molar-refractivity contribution in [2.75, 3.05) is 19.8 Å². The highest BCUT2D eigenvalue weighted by Gasteiger charge is 2.32. The minimum atomic E-state index is -0.692.